The molecule has 2 aromatic rings. The van der Waals surface area contributed by atoms with E-state index in [-0.39, 0.29) is 12.0 Å². The van der Waals surface area contributed by atoms with Crippen molar-refractivity contribution in [1.82, 2.24) is 5.32 Å². The maximum Gasteiger partial charge on any atom is 0.255 e. The van der Waals surface area contributed by atoms with E-state index in [1.807, 2.05) is 49.4 Å². The Hall–Kier alpha value is -2.73. The van der Waals surface area contributed by atoms with Gasteiger partial charge in [-0.05, 0) is 25.1 Å². The third-order valence-electron chi connectivity index (χ3n) is 4.13. The molecule has 2 unspecified atom stereocenters. The second-order valence-corrected chi connectivity index (χ2v) is 5.69. The van der Waals surface area contributed by atoms with Gasteiger partial charge in [0, 0.05) is 17.0 Å². The summed E-state index contributed by atoms with van der Waals surface area (Å²) in [6, 6.07) is 15.4. The fraction of sp³-hybridized carbons (Fsp3) is 0.250. The normalized spacial score (nSPS) is 18.3. The topological polar surface area (TPSA) is 38.3 Å². The minimum absolute atomic E-state index is 0.0943. The van der Waals surface area contributed by atoms with Crippen LogP contribution in [0.15, 0.2) is 48.5 Å². The summed E-state index contributed by atoms with van der Waals surface area (Å²) in [5, 5.41) is 2.84. The molecule has 3 heteroatoms. The molecule has 2 aromatic carbocycles. The SMILES string of the molecule is CC1Oc2c(C(=O)NCC#Cc3ccccc3)cccc2C1C. The lowest BCUT2D eigenvalue weighted by Crippen LogP contribution is -2.24. The van der Waals surface area contributed by atoms with Gasteiger partial charge < -0.3 is 10.1 Å². The Bertz CT molecular complexity index is 771. The average Bonchev–Trinajstić information content (AvgIpc) is 2.87. The molecule has 0 fully saturated rings. The van der Waals surface area contributed by atoms with Crippen LogP contribution in [-0.4, -0.2) is 18.6 Å². The second-order valence-electron chi connectivity index (χ2n) is 5.69. The van der Waals surface area contributed by atoms with Crippen molar-refractivity contribution >= 4 is 5.91 Å². The molecule has 0 spiro atoms. The second kappa shape index (κ2) is 6.58. The van der Waals surface area contributed by atoms with Crippen LogP contribution in [0.25, 0.3) is 0 Å². The molecule has 0 saturated heterocycles. The first kappa shape index (κ1) is 15.2. The summed E-state index contributed by atoms with van der Waals surface area (Å²) in [6.45, 7) is 4.45. The van der Waals surface area contributed by atoms with E-state index >= 15 is 0 Å². The molecule has 116 valence electrons. The van der Waals surface area contributed by atoms with Crippen molar-refractivity contribution in [1.29, 1.82) is 0 Å². The van der Waals surface area contributed by atoms with E-state index in [0.717, 1.165) is 11.1 Å². The van der Waals surface area contributed by atoms with Crippen LogP contribution in [0.5, 0.6) is 5.75 Å². The molecule has 0 aliphatic carbocycles. The molecule has 1 aliphatic heterocycles. The fourth-order valence-electron chi connectivity index (χ4n) is 2.65. The van der Waals surface area contributed by atoms with E-state index < -0.39 is 0 Å². The number of carbonyl (C=O) groups is 1. The molecule has 1 heterocycles. The third kappa shape index (κ3) is 3.22. The van der Waals surface area contributed by atoms with Crippen molar-refractivity contribution in [3.63, 3.8) is 0 Å². The lowest BCUT2D eigenvalue weighted by Gasteiger charge is -2.09. The van der Waals surface area contributed by atoms with Gasteiger partial charge in [-0.15, -0.1) is 0 Å². The van der Waals surface area contributed by atoms with Crippen molar-refractivity contribution in [3.8, 4) is 17.6 Å². The maximum atomic E-state index is 12.4. The summed E-state index contributed by atoms with van der Waals surface area (Å²) < 4.78 is 5.85. The Balaban J connectivity index is 1.68. The first-order valence-corrected chi connectivity index (χ1v) is 7.78. The lowest BCUT2D eigenvalue weighted by molar-refractivity contribution is 0.0953. The van der Waals surface area contributed by atoms with Gasteiger partial charge in [0.15, 0.2) is 0 Å². The van der Waals surface area contributed by atoms with Crippen LogP contribution in [0, 0.1) is 11.8 Å². The largest absolute Gasteiger partial charge is 0.489 e. The van der Waals surface area contributed by atoms with Gasteiger partial charge in [0.25, 0.3) is 5.91 Å². The Morgan fingerprint density at radius 2 is 1.91 bits per heavy atom. The summed E-state index contributed by atoms with van der Waals surface area (Å²) in [4.78, 5) is 12.4. The number of amides is 1. The zero-order chi connectivity index (χ0) is 16.2. The summed E-state index contributed by atoms with van der Waals surface area (Å²) in [5.41, 5.74) is 2.62. The van der Waals surface area contributed by atoms with Gasteiger partial charge in [-0.1, -0.05) is 49.1 Å². The molecule has 0 radical (unpaired) electrons. The van der Waals surface area contributed by atoms with Crippen molar-refractivity contribution in [2.45, 2.75) is 25.9 Å². The predicted octanol–water partition coefficient (Wildman–Crippen LogP) is 3.35. The summed E-state index contributed by atoms with van der Waals surface area (Å²) in [7, 11) is 0. The highest BCUT2D eigenvalue weighted by molar-refractivity contribution is 5.97. The Morgan fingerprint density at radius 3 is 2.70 bits per heavy atom. The van der Waals surface area contributed by atoms with Gasteiger partial charge in [0.2, 0.25) is 0 Å². The average molecular weight is 305 g/mol. The molecule has 0 bridgehead atoms. The third-order valence-corrected chi connectivity index (χ3v) is 4.13. The van der Waals surface area contributed by atoms with Crippen molar-refractivity contribution < 1.29 is 9.53 Å². The Labute approximate surface area is 136 Å². The lowest BCUT2D eigenvalue weighted by atomic mass is 9.97. The number of fused-ring (bicyclic) bond motifs is 1. The van der Waals surface area contributed by atoms with Gasteiger partial charge >= 0.3 is 0 Å². The quantitative estimate of drug-likeness (QED) is 0.864. The van der Waals surface area contributed by atoms with Crippen LogP contribution in [0.2, 0.25) is 0 Å². The molecule has 1 N–H and O–H groups in total. The number of rotatable bonds is 2. The molecule has 0 aromatic heterocycles. The number of benzene rings is 2. The predicted molar refractivity (Wildman–Crippen MR) is 90.6 cm³/mol. The first-order chi connectivity index (χ1) is 11.2. The van der Waals surface area contributed by atoms with Gasteiger partial charge in [-0.3, -0.25) is 4.79 Å². The number of nitrogens with one attached hydrogen (secondary N) is 1. The van der Waals surface area contributed by atoms with E-state index in [9.17, 15) is 4.79 Å². The number of ether oxygens (including phenoxy) is 1. The first-order valence-electron chi connectivity index (χ1n) is 7.78. The molecule has 23 heavy (non-hydrogen) atoms. The smallest absolute Gasteiger partial charge is 0.255 e. The fourth-order valence-corrected chi connectivity index (χ4v) is 2.65. The summed E-state index contributed by atoms with van der Waals surface area (Å²) in [6.07, 6.45) is 0.0943. The number of hydrogen-bond donors (Lipinski definition) is 1. The molecule has 1 aliphatic rings. The van der Waals surface area contributed by atoms with Gasteiger partial charge in [0.05, 0.1) is 12.1 Å². The van der Waals surface area contributed by atoms with Gasteiger partial charge in [0.1, 0.15) is 11.9 Å². The number of carbonyl (C=O) groups excluding carboxylic acids is 1. The molecule has 2 atom stereocenters. The van der Waals surface area contributed by atoms with E-state index in [0.29, 0.717) is 23.8 Å². The van der Waals surface area contributed by atoms with E-state index in [2.05, 4.69) is 24.1 Å². The zero-order valence-corrected chi connectivity index (χ0v) is 13.3. The monoisotopic (exact) mass is 305 g/mol. The van der Waals surface area contributed by atoms with Crippen LogP contribution in [0.4, 0.5) is 0 Å². The van der Waals surface area contributed by atoms with E-state index in [4.69, 9.17) is 4.74 Å². The highest BCUT2D eigenvalue weighted by atomic mass is 16.5. The van der Waals surface area contributed by atoms with Crippen LogP contribution in [-0.2, 0) is 0 Å². The standard InChI is InChI=1S/C20H19NO2/c1-14-15(2)23-19-17(14)11-6-12-18(19)20(22)21-13-7-10-16-8-4-3-5-9-16/h3-6,8-9,11-12,14-15H,13H2,1-2H3,(H,21,22). The van der Waals surface area contributed by atoms with E-state index in [1.54, 1.807) is 6.07 Å². The highest BCUT2D eigenvalue weighted by Gasteiger charge is 2.30. The molecule has 1 amide bonds. The van der Waals surface area contributed by atoms with Crippen LogP contribution in [0.3, 0.4) is 0 Å². The number of para-hydroxylation sites is 1. The summed E-state index contributed by atoms with van der Waals surface area (Å²) >= 11 is 0. The van der Waals surface area contributed by atoms with Gasteiger partial charge in [-0.2, -0.15) is 0 Å². The van der Waals surface area contributed by atoms with Crippen LogP contribution >= 0.6 is 0 Å². The van der Waals surface area contributed by atoms with Crippen molar-refractivity contribution in [2.24, 2.45) is 0 Å². The molecule has 3 rings (SSSR count). The van der Waals surface area contributed by atoms with Crippen molar-refractivity contribution in [2.75, 3.05) is 6.54 Å². The van der Waals surface area contributed by atoms with Gasteiger partial charge in [-0.25, -0.2) is 0 Å². The molecule has 0 saturated carbocycles. The molecular formula is C20H19NO2. The van der Waals surface area contributed by atoms with Crippen LogP contribution < -0.4 is 10.1 Å². The van der Waals surface area contributed by atoms with Crippen LogP contribution in [0.1, 0.15) is 41.3 Å². The van der Waals surface area contributed by atoms with E-state index in [1.165, 1.54) is 0 Å². The molecular weight excluding hydrogens is 286 g/mol. The zero-order valence-electron chi connectivity index (χ0n) is 13.3. The minimum Gasteiger partial charge on any atom is -0.489 e. The minimum atomic E-state index is -0.148. The highest BCUT2D eigenvalue weighted by Crippen LogP contribution is 2.40. The summed E-state index contributed by atoms with van der Waals surface area (Å²) in [5.74, 6) is 6.85. The van der Waals surface area contributed by atoms with Crippen molar-refractivity contribution in [3.05, 3.63) is 65.2 Å². The Kier molecular flexibility index (Phi) is 4.34. The maximum absolute atomic E-state index is 12.4. The molecule has 3 nitrogen and oxygen atoms in total. The number of hydrogen-bond acceptors (Lipinski definition) is 2. The Morgan fingerprint density at radius 1 is 1.13 bits per heavy atom.